The van der Waals surface area contributed by atoms with Gasteiger partial charge in [0.05, 0.1) is 16.7 Å². The average molecular weight is 368 g/mol. The SMILES string of the molecule is CCN(CC)CCn1c(NC(=O)c2cc(C)nn2CC)nc2ccccc21. The van der Waals surface area contributed by atoms with Gasteiger partial charge in [-0.15, -0.1) is 0 Å². The van der Waals surface area contributed by atoms with E-state index in [2.05, 4.69) is 38.7 Å². The lowest BCUT2D eigenvalue weighted by atomic mass is 10.3. The summed E-state index contributed by atoms with van der Waals surface area (Å²) in [5.74, 6) is 0.395. The number of amides is 1. The normalized spacial score (nSPS) is 11.4. The highest BCUT2D eigenvalue weighted by atomic mass is 16.2. The summed E-state index contributed by atoms with van der Waals surface area (Å²) in [5.41, 5.74) is 3.29. The predicted molar refractivity (Wildman–Crippen MR) is 108 cm³/mol. The molecule has 0 saturated heterocycles. The molecule has 1 aromatic carbocycles. The Hall–Kier alpha value is -2.67. The molecule has 0 aliphatic carbocycles. The second-order valence-electron chi connectivity index (χ2n) is 6.54. The first-order valence-electron chi connectivity index (χ1n) is 9.60. The molecule has 0 atom stereocenters. The van der Waals surface area contributed by atoms with Crippen molar-refractivity contribution in [3.05, 3.63) is 41.7 Å². The molecule has 3 rings (SSSR count). The summed E-state index contributed by atoms with van der Waals surface area (Å²) in [6, 6.07) is 9.78. The standard InChI is InChI=1S/C20H28N6O/c1-5-24(6-2)12-13-25-17-11-9-8-10-16(17)21-20(25)22-19(27)18-14-15(4)23-26(18)7-3/h8-11,14H,5-7,12-13H2,1-4H3,(H,21,22,27). The molecule has 0 radical (unpaired) electrons. The van der Waals surface area contributed by atoms with Crippen molar-refractivity contribution in [3.8, 4) is 0 Å². The Morgan fingerprint density at radius 1 is 1.19 bits per heavy atom. The molecule has 2 aromatic heterocycles. The molecule has 0 spiro atoms. The summed E-state index contributed by atoms with van der Waals surface area (Å²) in [4.78, 5) is 19.9. The highest BCUT2D eigenvalue weighted by Gasteiger charge is 2.18. The van der Waals surface area contributed by atoms with Gasteiger partial charge in [-0.05, 0) is 45.1 Å². The van der Waals surface area contributed by atoms with E-state index in [1.165, 1.54) is 0 Å². The van der Waals surface area contributed by atoms with Crippen LogP contribution in [0.4, 0.5) is 5.95 Å². The second-order valence-corrected chi connectivity index (χ2v) is 6.54. The number of para-hydroxylation sites is 2. The molecule has 0 aliphatic rings. The lowest BCUT2D eigenvalue weighted by molar-refractivity contribution is 0.101. The molecule has 144 valence electrons. The largest absolute Gasteiger partial charge is 0.309 e. The molecule has 27 heavy (non-hydrogen) atoms. The van der Waals surface area contributed by atoms with Crippen LogP contribution < -0.4 is 5.32 Å². The molecule has 0 bridgehead atoms. The molecular formula is C20H28N6O. The van der Waals surface area contributed by atoms with Gasteiger partial charge in [0.1, 0.15) is 5.69 Å². The van der Waals surface area contributed by atoms with E-state index in [0.29, 0.717) is 18.2 Å². The van der Waals surface area contributed by atoms with Crippen LogP contribution in [0, 0.1) is 6.92 Å². The third-order valence-electron chi connectivity index (χ3n) is 4.85. The van der Waals surface area contributed by atoms with E-state index in [1.54, 1.807) is 4.68 Å². The maximum atomic E-state index is 12.9. The van der Waals surface area contributed by atoms with Crippen molar-refractivity contribution in [3.63, 3.8) is 0 Å². The lowest BCUT2D eigenvalue weighted by Crippen LogP contribution is -2.28. The van der Waals surface area contributed by atoms with Crippen LogP contribution in [0.3, 0.4) is 0 Å². The van der Waals surface area contributed by atoms with E-state index < -0.39 is 0 Å². The van der Waals surface area contributed by atoms with Crippen molar-refractivity contribution in [2.45, 2.75) is 40.8 Å². The highest BCUT2D eigenvalue weighted by Crippen LogP contribution is 2.20. The van der Waals surface area contributed by atoms with Gasteiger partial charge in [-0.2, -0.15) is 5.10 Å². The van der Waals surface area contributed by atoms with Gasteiger partial charge in [-0.3, -0.25) is 14.8 Å². The maximum absolute atomic E-state index is 12.9. The number of anilines is 1. The van der Waals surface area contributed by atoms with Crippen LogP contribution in [-0.2, 0) is 13.1 Å². The third kappa shape index (κ3) is 4.03. The summed E-state index contributed by atoms with van der Waals surface area (Å²) < 4.78 is 3.80. The Bertz CT molecular complexity index is 922. The Balaban J connectivity index is 1.91. The molecular weight excluding hydrogens is 340 g/mol. The molecule has 3 aromatic rings. The van der Waals surface area contributed by atoms with Crippen LogP contribution in [0.5, 0.6) is 0 Å². The number of fused-ring (bicyclic) bond motifs is 1. The number of nitrogens with zero attached hydrogens (tertiary/aromatic N) is 5. The monoisotopic (exact) mass is 368 g/mol. The lowest BCUT2D eigenvalue weighted by Gasteiger charge is -2.19. The van der Waals surface area contributed by atoms with Crippen molar-refractivity contribution in [1.29, 1.82) is 0 Å². The molecule has 0 fully saturated rings. The van der Waals surface area contributed by atoms with E-state index in [0.717, 1.165) is 42.9 Å². The molecule has 1 amide bonds. The summed E-state index contributed by atoms with van der Waals surface area (Å²) in [5, 5.41) is 7.36. The molecule has 7 heteroatoms. The molecule has 0 unspecified atom stereocenters. The molecule has 0 saturated carbocycles. The van der Waals surface area contributed by atoms with Gasteiger partial charge in [0, 0.05) is 19.6 Å². The highest BCUT2D eigenvalue weighted by molar-refractivity contribution is 6.03. The Kier molecular flexibility index (Phi) is 5.91. The quantitative estimate of drug-likeness (QED) is 0.663. The Morgan fingerprint density at radius 2 is 1.93 bits per heavy atom. The van der Waals surface area contributed by atoms with E-state index in [1.807, 2.05) is 44.2 Å². The number of aromatic nitrogens is 4. The van der Waals surface area contributed by atoms with Gasteiger partial charge >= 0.3 is 0 Å². The van der Waals surface area contributed by atoms with Gasteiger partial charge in [0.2, 0.25) is 5.95 Å². The van der Waals surface area contributed by atoms with Crippen molar-refractivity contribution >= 4 is 22.9 Å². The third-order valence-corrected chi connectivity index (χ3v) is 4.85. The van der Waals surface area contributed by atoms with E-state index in [4.69, 9.17) is 0 Å². The van der Waals surface area contributed by atoms with Crippen LogP contribution in [0.2, 0.25) is 0 Å². The van der Waals surface area contributed by atoms with Gasteiger partial charge in [-0.25, -0.2) is 4.98 Å². The Morgan fingerprint density at radius 3 is 2.63 bits per heavy atom. The zero-order chi connectivity index (χ0) is 19.4. The first-order valence-corrected chi connectivity index (χ1v) is 9.60. The number of carbonyl (C=O) groups is 1. The number of nitrogens with one attached hydrogen (secondary N) is 1. The van der Waals surface area contributed by atoms with Crippen LogP contribution >= 0.6 is 0 Å². The zero-order valence-electron chi connectivity index (χ0n) is 16.6. The summed E-state index contributed by atoms with van der Waals surface area (Å²) >= 11 is 0. The second kappa shape index (κ2) is 8.35. The summed E-state index contributed by atoms with van der Waals surface area (Å²) in [6.07, 6.45) is 0. The van der Waals surface area contributed by atoms with E-state index >= 15 is 0 Å². The summed E-state index contributed by atoms with van der Waals surface area (Å²) in [6.45, 7) is 12.5. The number of benzene rings is 1. The van der Waals surface area contributed by atoms with Gasteiger partial charge < -0.3 is 9.47 Å². The Labute approximate surface area is 160 Å². The fraction of sp³-hybridized carbons (Fsp3) is 0.450. The number of aryl methyl sites for hydroxylation is 2. The van der Waals surface area contributed by atoms with Crippen molar-refractivity contribution < 1.29 is 4.79 Å². The fourth-order valence-corrected chi connectivity index (χ4v) is 3.31. The molecule has 0 aliphatic heterocycles. The van der Waals surface area contributed by atoms with Crippen molar-refractivity contribution in [2.24, 2.45) is 0 Å². The smallest absolute Gasteiger partial charge is 0.276 e. The van der Waals surface area contributed by atoms with Gasteiger partial charge in [0.15, 0.2) is 0 Å². The minimum atomic E-state index is -0.183. The van der Waals surface area contributed by atoms with Gasteiger partial charge in [-0.1, -0.05) is 26.0 Å². The van der Waals surface area contributed by atoms with Gasteiger partial charge in [0.25, 0.3) is 5.91 Å². The van der Waals surface area contributed by atoms with Crippen LogP contribution in [0.25, 0.3) is 11.0 Å². The first kappa shape index (κ1) is 19.1. The number of hydrogen-bond acceptors (Lipinski definition) is 4. The predicted octanol–water partition coefficient (Wildman–Crippen LogP) is 3.16. The molecule has 2 heterocycles. The number of hydrogen-bond donors (Lipinski definition) is 1. The first-order chi connectivity index (χ1) is 13.1. The average Bonchev–Trinajstić information content (AvgIpc) is 3.22. The molecule has 1 N–H and O–H groups in total. The van der Waals surface area contributed by atoms with Crippen molar-refractivity contribution in [1.82, 2.24) is 24.2 Å². The minimum Gasteiger partial charge on any atom is -0.309 e. The topological polar surface area (TPSA) is 68.0 Å². The maximum Gasteiger partial charge on any atom is 0.276 e. The van der Waals surface area contributed by atoms with Crippen LogP contribution in [0.1, 0.15) is 37.0 Å². The summed E-state index contributed by atoms with van der Waals surface area (Å²) in [7, 11) is 0. The van der Waals surface area contributed by atoms with Crippen molar-refractivity contribution in [2.75, 3.05) is 25.0 Å². The van der Waals surface area contributed by atoms with E-state index in [-0.39, 0.29) is 5.91 Å². The van der Waals surface area contributed by atoms with Crippen LogP contribution in [-0.4, -0.2) is 49.8 Å². The van der Waals surface area contributed by atoms with Crippen LogP contribution in [0.15, 0.2) is 30.3 Å². The number of carbonyl (C=O) groups excluding carboxylic acids is 1. The minimum absolute atomic E-state index is 0.183. The van der Waals surface area contributed by atoms with E-state index in [9.17, 15) is 4.79 Å². The number of rotatable bonds is 8. The molecule has 7 nitrogen and oxygen atoms in total. The number of imidazole rings is 1. The fourth-order valence-electron chi connectivity index (χ4n) is 3.31. The zero-order valence-corrected chi connectivity index (χ0v) is 16.6. The number of likely N-dealkylation sites (N-methyl/N-ethyl adjacent to an activating group) is 1.